The van der Waals surface area contributed by atoms with E-state index in [4.69, 9.17) is 0 Å². The van der Waals surface area contributed by atoms with Gasteiger partial charge in [0.2, 0.25) is 0 Å². The average molecular weight is 405 g/mol. The van der Waals surface area contributed by atoms with Gasteiger partial charge in [-0.3, -0.25) is 0 Å². The summed E-state index contributed by atoms with van der Waals surface area (Å²) < 4.78 is 0. The monoisotopic (exact) mass is 404 g/mol. The second kappa shape index (κ2) is 13.7. The van der Waals surface area contributed by atoms with Gasteiger partial charge < -0.3 is 19.6 Å². The summed E-state index contributed by atoms with van der Waals surface area (Å²) in [7, 11) is 6.79. The van der Waals surface area contributed by atoms with Crippen molar-refractivity contribution in [1.29, 1.82) is 0 Å². The molecule has 0 N–H and O–H groups in total. The van der Waals surface area contributed by atoms with Gasteiger partial charge in [0.1, 0.15) is 0 Å². The predicted octanol–water partition coefficient (Wildman–Crippen LogP) is 2.12. The van der Waals surface area contributed by atoms with Crippen molar-refractivity contribution in [2.45, 2.75) is 19.3 Å². The van der Waals surface area contributed by atoms with Gasteiger partial charge in [0, 0.05) is 32.7 Å². The van der Waals surface area contributed by atoms with Crippen LogP contribution in [0.15, 0.2) is 30.3 Å². The van der Waals surface area contributed by atoms with E-state index >= 15 is 0 Å². The van der Waals surface area contributed by atoms with Crippen molar-refractivity contribution in [3.05, 3.63) is 35.9 Å². The molecule has 0 spiro atoms. The van der Waals surface area contributed by atoms with Crippen LogP contribution in [0.3, 0.4) is 0 Å². The van der Waals surface area contributed by atoms with Crippen molar-refractivity contribution >= 4 is 0 Å². The first kappa shape index (κ1) is 23.6. The number of benzene rings is 1. The summed E-state index contributed by atoms with van der Waals surface area (Å²) >= 11 is 0. The van der Waals surface area contributed by atoms with Crippen molar-refractivity contribution in [2.24, 2.45) is 0 Å². The van der Waals surface area contributed by atoms with Crippen LogP contribution in [0.5, 0.6) is 0 Å². The molecule has 0 amide bonds. The van der Waals surface area contributed by atoms with Gasteiger partial charge in [0.15, 0.2) is 0 Å². The molecule has 0 aliphatic carbocycles. The number of hydrogen-bond acceptors (Lipinski definition) is 4. The quantitative estimate of drug-likeness (QED) is 0.715. The van der Waals surface area contributed by atoms with E-state index in [9.17, 15) is 0 Å². The SMILES string of the molecule is CN1CCCN(C)CCN(CCc2ccccc2)CCCN(C)CC1.[Ni+2]. The van der Waals surface area contributed by atoms with E-state index < -0.39 is 0 Å². The van der Waals surface area contributed by atoms with E-state index in [0.717, 1.165) is 6.42 Å². The molecule has 4 nitrogen and oxygen atoms in total. The Morgan fingerprint density at radius 1 is 0.654 bits per heavy atom. The van der Waals surface area contributed by atoms with E-state index in [1.807, 2.05) is 0 Å². The fourth-order valence-electron chi connectivity index (χ4n) is 3.43. The van der Waals surface area contributed by atoms with Crippen molar-refractivity contribution in [1.82, 2.24) is 19.6 Å². The van der Waals surface area contributed by atoms with Crippen LogP contribution in [0.1, 0.15) is 18.4 Å². The summed E-state index contributed by atoms with van der Waals surface area (Å²) in [6, 6.07) is 10.9. The molecule has 1 fully saturated rings. The number of nitrogens with zero attached hydrogens (tertiary/aromatic N) is 4. The Morgan fingerprint density at radius 2 is 1.15 bits per heavy atom. The standard InChI is InChI=1S/C21H38N4.Ni/c1-22-12-7-13-24(3)19-20-25(15-8-14-23(2)18-17-22)16-11-21-9-5-4-6-10-21;/h4-6,9-10H,7-8,11-20H2,1-3H3;/q;+2. The second-order valence-corrected chi connectivity index (χ2v) is 7.69. The Labute approximate surface area is 171 Å². The van der Waals surface area contributed by atoms with Crippen LogP contribution in [-0.4, -0.2) is 99.6 Å². The molecule has 1 aliphatic heterocycles. The van der Waals surface area contributed by atoms with E-state index in [1.54, 1.807) is 0 Å². The maximum atomic E-state index is 2.66. The van der Waals surface area contributed by atoms with E-state index in [0.29, 0.717) is 0 Å². The normalized spacial score (nSPS) is 21.0. The van der Waals surface area contributed by atoms with Gasteiger partial charge in [-0.05, 0) is 72.1 Å². The minimum Gasteiger partial charge on any atom is -0.305 e. The zero-order valence-corrected chi connectivity index (χ0v) is 18.0. The van der Waals surface area contributed by atoms with Gasteiger partial charge in [-0.1, -0.05) is 30.3 Å². The van der Waals surface area contributed by atoms with Crippen molar-refractivity contribution < 1.29 is 16.5 Å². The molecule has 0 aromatic heterocycles. The summed E-state index contributed by atoms with van der Waals surface area (Å²) in [5.74, 6) is 0. The Morgan fingerprint density at radius 3 is 1.73 bits per heavy atom. The van der Waals surface area contributed by atoms with Gasteiger partial charge in [-0.15, -0.1) is 0 Å². The molecule has 1 saturated heterocycles. The molecule has 1 aromatic rings. The van der Waals surface area contributed by atoms with Crippen LogP contribution in [-0.2, 0) is 22.9 Å². The Balaban J connectivity index is 0.00000338. The van der Waals surface area contributed by atoms with Gasteiger partial charge in [0.25, 0.3) is 0 Å². The smallest absolute Gasteiger partial charge is 0.305 e. The van der Waals surface area contributed by atoms with Crippen LogP contribution in [0.4, 0.5) is 0 Å². The molecule has 0 radical (unpaired) electrons. The topological polar surface area (TPSA) is 13.0 Å². The molecule has 26 heavy (non-hydrogen) atoms. The van der Waals surface area contributed by atoms with Gasteiger partial charge >= 0.3 is 16.5 Å². The molecule has 150 valence electrons. The van der Waals surface area contributed by atoms with Crippen LogP contribution in [0.2, 0.25) is 0 Å². The summed E-state index contributed by atoms with van der Waals surface area (Å²) in [6.07, 6.45) is 3.69. The van der Waals surface area contributed by atoms with E-state index in [-0.39, 0.29) is 16.5 Å². The Kier molecular flexibility index (Phi) is 12.4. The second-order valence-electron chi connectivity index (χ2n) is 7.69. The van der Waals surface area contributed by atoms with Crippen molar-refractivity contribution in [3.8, 4) is 0 Å². The number of likely N-dealkylation sites (N-methyl/N-ethyl adjacent to an activating group) is 3. The van der Waals surface area contributed by atoms with E-state index in [1.165, 1.54) is 77.3 Å². The zero-order valence-electron chi connectivity index (χ0n) is 17.0. The van der Waals surface area contributed by atoms with E-state index in [2.05, 4.69) is 71.1 Å². The fraction of sp³-hybridized carbons (Fsp3) is 0.714. The summed E-state index contributed by atoms with van der Waals surface area (Å²) in [4.78, 5) is 10.1. The number of rotatable bonds is 3. The van der Waals surface area contributed by atoms with Gasteiger partial charge in [-0.25, -0.2) is 0 Å². The van der Waals surface area contributed by atoms with Crippen LogP contribution < -0.4 is 0 Å². The summed E-state index contributed by atoms with van der Waals surface area (Å²) in [5, 5.41) is 0. The van der Waals surface area contributed by atoms with Crippen molar-refractivity contribution in [3.63, 3.8) is 0 Å². The third-order valence-electron chi connectivity index (χ3n) is 5.31. The molecule has 5 heteroatoms. The Bertz CT molecular complexity index is 457. The Hall–Kier alpha value is -0.446. The molecule has 1 aromatic carbocycles. The fourth-order valence-corrected chi connectivity index (χ4v) is 3.43. The minimum atomic E-state index is 0. The third kappa shape index (κ3) is 10.0. The molecular weight excluding hydrogens is 367 g/mol. The predicted molar refractivity (Wildman–Crippen MR) is 108 cm³/mol. The molecule has 1 aliphatic rings. The average Bonchev–Trinajstić information content (AvgIpc) is 2.62. The summed E-state index contributed by atoms with van der Waals surface area (Å²) in [5.41, 5.74) is 1.45. The van der Waals surface area contributed by atoms with Crippen molar-refractivity contribution in [2.75, 3.05) is 80.0 Å². The first-order chi connectivity index (χ1) is 12.1. The third-order valence-corrected chi connectivity index (χ3v) is 5.31. The maximum Gasteiger partial charge on any atom is 2.00 e. The van der Waals surface area contributed by atoms with Gasteiger partial charge in [-0.2, -0.15) is 0 Å². The molecule has 0 atom stereocenters. The minimum absolute atomic E-state index is 0. The first-order valence-corrected chi connectivity index (χ1v) is 9.95. The maximum absolute atomic E-state index is 2.66. The first-order valence-electron chi connectivity index (χ1n) is 9.95. The molecular formula is C21H38N4Ni+2. The molecule has 1 heterocycles. The van der Waals surface area contributed by atoms with Crippen LogP contribution in [0, 0.1) is 0 Å². The molecule has 0 saturated carbocycles. The number of hydrogen-bond donors (Lipinski definition) is 0. The van der Waals surface area contributed by atoms with Gasteiger partial charge in [0.05, 0.1) is 0 Å². The van der Waals surface area contributed by atoms with Crippen LogP contribution >= 0.6 is 0 Å². The molecule has 0 unspecified atom stereocenters. The van der Waals surface area contributed by atoms with Crippen LogP contribution in [0.25, 0.3) is 0 Å². The molecule has 0 bridgehead atoms. The summed E-state index contributed by atoms with van der Waals surface area (Å²) in [6.45, 7) is 10.7. The molecule has 2 rings (SSSR count). The zero-order chi connectivity index (χ0) is 17.9. The largest absolute Gasteiger partial charge is 2.00 e.